The second-order valence-electron chi connectivity index (χ2n) is 6.11. The third-order valence-corrected chi connectivity index (χ3v) is 5.71. The van der Waals surface area contributed by atoms with Crippen molar-refractivity contribution in [3.8, 4) is 0 Å². The van der Waals surface area contributed by atoms with Gasteiger partial charge in [-0.3, -0.25) is 0 Å². The summed E-state index contributed by atoms with van der Waals surface area (Å²) in [4.78, 5) is 5.96. The molecule has 0 spiro atoms. The van der Waals surface area contributed by atoms with Crippen LogP contribution in [-0.2, 0) is 0 Å². The van der Waals surface area contributed by atoms with Crippen LogP contribution in [0.5, 0.6) is 0 Å². The van der Waals surface area contributed by atoms with E-state index in [-0.39, 0.29) is 0 Å². The number of rotatable bonds is 4. The van der Waals surface area contributed by atoms with Crippen LogP contribution >= 0.6 is 11.3 Å². The summed E-state index contributed by atoms with van der Waals surface area (Å²) in [7, 11) is 0. The fourth-order valence-electron chi connectivity index (χ4n) is 3.37. The van der Waals surface area contributed by atoms with Gasteiger partial charge in [0.05, 0.1) is 10.7 Å². The largest absolute Gasteiger partial charge is 0.307 e. The van der Waals surface area contributed by atoms with Crippen LogP contribution in [0.15, 0.2) is 0 Å². The lowest BCUT2D eigenvalue weighted by atomic mass is 9.92. The summed E-state index contributed by atoms with van der Waals surface area (Å²) in [6.45, 7) is 8.89. The minimum Gasteiger partial charge on any atom is -0.307 e. The summed E-state index contributed by atoms with van der Waals surface area (Å²) >= 11 is 1.84. The normalized spacial score (nSPS) is 21.1. The van der Waals surface area contributed by atoms with Crippen molar-refractivity contribution in [3.05, 3.63) is 15.6 Å². The van der Waals surface area contributed by atoms with Gasteiger partial charge in [0.25, 0.3) is 0 Å². The van der Waals surface area contributed by atoms with Gasteiger partial charge in [-0.15, -0.1) is 11.3 Å². The molecule has 1 aliphatic rings. The molecule has 3 heteroatoms. The molecule has 0 aliphatic heterocycles. The lowest BCUT2D eigenvalue weighted by molar-refractivity contribution is 0.317. The van der Waals surface area contributed by atoms with Gasteiger partial charge in [-0.2, -0.15) is 0 Å². The van der Waals surface area contributed by atoms with Crippen LogP contribution in [0.1, 0.15) is 74.0 Å². The van der Waals surface area contributed by atoms with Crippen LogP contribution in [0.4, 0.5) is 0 Å². The van der Waals surface area contributed by atoms with Crippen LogP contribution in [0.25, 0.3) is 0 Å². The maximum atomic E-state index is 4.55. The van der Waals surface area contributed by atoms with Gasteiger partial charge in [0, 0.05) is 17.0 Å². The standard InChI is InChI=1S/C16H28N2S/c1-11(15-9-7-5-6-8-10-15)17-12(2)16-13(3)18-14(4)19-16/h11-12,15,17H,5-10H2,1-4H3/t11-,12?/m0/s1. The highest BCUT2D eigenvalue weighted by atomic mass is 32.1. The van der Waals surface area contributed by atoms with Gasteiger partial charge >= 0.3 is 0 Å². The molecule has 1 N–H and O–H groups in total. The predicted molar refractivity (Wildman–Crippen MR) is 83.8 cm³/mol. The Morgan fingerprint density at radius 1 is 1.11 bits per heavy atom. The van der Waals surface area contributed by atoms with Crippen LogP contribution in [0.2, 0.25) is 0 Å². The molecular weight excluding hydrogens is 252 g/mol. The zero-order valence-electron chi connectivity index (χ0n) is 12.8. The molecule has 1 heterocycles. The van der Waals surface area contributed by atoms with Gasteiger partial charge in [-0.1, -0.05) is 25.7 Å². The first-order chi connectivity index (χ1) is 9.08. The van der Waals surface area contributed by atoms with Crippen LogP contribution in [-0.4, -0.2) is 11.0 Å². The van der Waals surface area contributed by atoms with E-state index in [1.165, 1.54) is 54.1 Å². The van der Waals surface area contributed by atoms with E-state index >= 15 is 0 Å². The molecule has 2 atom stereocenters. The molecule has 2 nitrogen and oxygen atoms in total. The smallest absolute Gasteiger partial charge is 0.0900 e. The van der Waals surface area contributed by atoms with Gasteiger partial charge in [-0.05, 0) is 46.5 Å². The van der Waals surface area contributed by atoms with Crippen molar-refractivity contribution in [2.45, 2.75) is 78.3 Å². The monoisotopic (exact) mass is 280 g/mol. The summed E-state index contributed by atoms with van der Waals surface area (Å²) in [6.07, 6.45) is 8.52. The van der Waals surface area contributed by atoms with Crippen molar-refractivity contribution in [3.63, 3.8) is 0 Å². The molecule has 1 aliphatic carbocycles. The molecule has 2 rings (SSSR count). The molecule has 1 fully saturated rings. The number of thiazole rings is 1. The molecule has 1 saturated carbocycles. The average Bonchev–Trinajstić information content (AvgIpc) is 2.58. The van der Waals surface area contributed by atoms with Crippen molar-refractivity contribution < 1.29 is 0 Å². The first-order valence-corrected chi connectivity index (χ1v) is 8.59. The van der Waals surface area contributed by atoms with Gasteiger partial charge in [0.2, 0.25) is 0 Å². The Hall–Kier alpha value is -0.410. The van der Waals surface area contributed by atoms with Gasteiger partial charge in [0.15, 0.2) is 0 Å². The SMILES string of the molecule is Cc1nc(C)c(C(C)N[C@@H](C)C2CCCCCC2)s1. The number of nitrogens with one attached hydrogen (secondary N) is 1. The van der Waals surface area contributed by atoms with Crippen LogP contribution in [0.3, 0.4) is 0 Å². The van der Waals surface area contributed by atoms with E-state index < -0.39 is 0 Å². The molecule has 1 aromatic heterocycles. The van der Waals surface area contributed by atoms with E-state index in [1.54, 1.807) is 0 Å². The third kappa shape index (κ3) is 4.03. The van der Waals surface area contributed by atoms with Crippen molar-refractivity contribution in [2.75, 3.05) is 0 Å². The molecule has 1 unspecified atom stereocenters. The predicted octanol–water partition coefficient (Wildman–Crippen LogP) is 4.77. The van der Waals surface area contributed by atoms with Crippen molar-refractivity contribution in [2.24, 2.45) is 5.92 Å². The third-order valence-electron chi connectivity index (χ3n) is 4.45. The van der Waals surface area contributed by atoms with E-state index in [1.807, 2.05) is 11.3 Å². The van der Waals surface area contributed by atoms with E-state index in [4.69, 9.17) is 0 Å². The fourth-order valence-corrected chi connectivity index (χ4v) is 4.30. The summed E-state index contributed by atoms with van der Waals surface area (Å²) < 4.78 is 0. The van der Waals surface area contributed by atoms with Crippen LogP contribution in [0, 0.1) is 19.8 Å². The second kappa shape index (κ2) is 6.85. The lowest BCUT2D eigenvalue weighted by Gasteiger charge is -2.27. The first kappa shape index (κ1) is 15.0. The van der Waals surface area contributed by atoms with E-state index in [2.05, 4.69) is 38.0 Å². The van der Waals surface area contributed by atoms with Gasteiger partial charge in [0.1, 0.15) is 0 Å². The van der Waals surface area contributed by atoms with Gasteiger partial charge in [-0.25, -0.2) is 4.98 Å². The Kier molecular flexibility index (Phi) is 5.40. The Morgan fingerprint density at radius 3 is 2.26 bits per heavy atom. The summed E-state index contributed by atoms with van der Waals surface area (Å²) in [5.41, 5.74) is 1.20. The Bertz CT molecular complexity index is 391. The van der Waals surface area contributed by atoms with E-state index in [9.17, 15) is 0 Å². The summed E-state index contributed by atoms with van der Waals surface area (Å²) in [5.74, 6) is 0.860. The topological polar surface area (TPSA) is 24.9 Å². The number of aryl methyl sites for hydroxylation is 2. The molecule has 0 bridgehead atoms. The Labute approximate surface area is 122 Å². The molecule has 19 heavy (non-hydrogen) atoms. The lowest BCUT2D eigenvalue weighted by Crippen LogP contribution is -2.35. The molecule has 108 valence electrons. The minimum absolute atomic E-state index is 0.435. The maximum absolute atomic E-state index is 4.55. The number of aromatic nitrogens is 1. The van der Waals surface area contributed by atoms with Crippen molar-refractivity contribution >= 4 is 11.3 Å². The van der Waals surface area contributed by atoms with Crippen molar-refractivity contribution in [1.29, 1.82) is 0 Å². The quantitative estimate of drug-likeness (QED) is 0.804. The number of hydrogen-bond donors (Lipinski definition) is 1. The highest BCUT2D eigenvalue weighted by molar-refractivity contribution is 7.11. The van der Waals surface area contributed by atoms with E-state index in [0.29, 0.717) is 12.1 Å². The number of hydrogen-bond acceptors (Lipinski definition) is 3. The molecule has 0 aromatic carbocycles. The maximum Gasteiger partial charge on any atom is 0.0900 e. The summed E-state index contributed by atoms with van der Waals surface area (Å²) in [5, 5.41) is 5.00. The highest BCUT2D eigenvalue weighted by Crippen LogP contribution is 2.29. The molecule has 0 radical (unpaired) electrons. The zero-order valence-corrected chi connectivity index (χ0v) is 13.6. The van der Waals surface area contributed by atoms with Gasteiger partial charge < -0.3 is 5.32 Å². The highest BCUT2D eigenvalue weighted by Gasteiger charge is 2.22. The zero-order chi connectivity index (χ0) is 13.8. The van der Waals surface area contributed by atoms with Crippen LogP contribution < -0.4 is 5.32 Å². The number of nitrogens with zero attached hydrogens (tertiary/aromatic N) is 1. The molecule has 0 saturated heterocycles. The minimum atomic E-state index is 0.435. The van der Waals surface area contributed by atoms with Crippen molar-refractivity contribution in [1.82, 2.24) is 10.3 Å². The Morgan fingerprint density at radius 2 is 1.74 bits per heavy atom. The molecule has 1 aromatic rings. The molecular formula is C16H28N2S. The fraction of sp³-hybridized carbons (Fsp3) is 0.812. The first-order valence-electron chi connectivity index (χ1n) is 7.78. The second-order valence-corrected chi connectivity index (χ2v) is 7.35. The summed E-state index contributed by atoms with van der Waals surface area (Å²) in [6, 6.07) is 1.05. The average molecular weight is 280 g/mol. The van der Waals surface area contributed by atoms with E-state index in [0.717, 1.165) is 5.92 Å². The molecule has 0 amide bonds. The Balaban J connectivity index is 1.93.